The number of benzene rings is 1. The van der Waals surface area contributed by atoms with Crippen molar-refractivity contribution >= 4 is 21.9 Å². The predicted octanol–water partition coefficient (Wildman–Crippen LogP) is 3.75. The highest BCUT2D eigenvalue weighted by molar-refractivity contribution is 9.10. The van der Waals surface area contributed by atoms with E-state index in [1.165, 1.54) is 6.92 Å². The van der Waals surface area contributed by atoms with Crippen LogP contribution >= 0.6 is 15.9 Å². The van der Waals surface area contributed by atoms with E-state index in [-0.39, 0.29) is 6.61 Å². The van der Waals surface area contributed by atoms with E-state index >= 15 is 0 Å². The molecule has 2 nitrogen and oxygen atoms in total. The average Bonchev–Trinajstić information content (AvgIpc) is 2.77. The normalized spacial score (nSPS) is 28.8. The Morgan fingerprint density at radius 1 is 1.39 bits per heavy atom. The van der Waals surface area contributed by atoms with E-state index in [2.05, 4.69) is 15.9 Å². The van der Waals surface area contributed by atoms with Crippen molar-refractivity contribution in [1.29, 1.82) is 0 Å². The Bertz CT molecular complexity index is 472. The number of rotatable bonds is 3. The van der Waals surface area contributed by atoms with Gasteiger partial charge in [-0.2, -0.15) is 0 Å². The van der Waals surface area contributed by atoms with Gasteiger partial charge in [0.25, 0.3) is 5.92 Å². The molecule has 2 rings (SSSR count). The summed E-state index contributed by atoms with van der Waals surface area (Å²) in [5.41, 5.74) is -1.28. The number of esters is 1. The molecule has 2 atom stereocenters. The molecule has 0 N–H and O–H groups in total. The summed E-state index contributed by atoms with van der Waals surface area (Å²) in [6.45, 7) is 2.98. The third-order valence-electron chi connectivity index (χ3n) is 3.45. The van der Waals surface area contributed by atoms with E-state index in [9.17, 15) is 13.6 Å². The number of hydrogen-bond donors (Lipinski definition) is 0. The lowest BCUT2D eigenvalue weighted by Crippen LogP contribution is -2.22. The van der Waals surface area contributed by atoms with E-state index in [4.69, 9.17) is 4.74 Å². The van der Waals surface area contributed by atoms with Gasteiger partial charge < -0.3 is 4.74 Å². The lowest BCUT2D eigenvalue weighted by Gasteiger charge is -2.08. The van der Waals surface area contributed by atoms with E-state index in [1.54, 1.807) is 31.2 Å². The lowest BCUT2D eigenvalue weighted by molar-refractivity contribution is -0.153. The topological polar surface area (TPSA) is 26.3 Å². The Morgan fingerprint density at radius 3 is 2.44 bits per heavy atom. The molecule has 1 fully saturated rings. The van der Waals surface area contributed by atoms with E-state index in [1.807, 2.05) is 0 Å². The molecular formula is C13H13BrF2O2. The van der Waals surface area contributed by atoms with Crippen LogP contribution in [0.2, 0.25) is 0 Å². The highest BCUT2D eigenvalue weighted by atomic mass is 79.9. The summed E-state index contributed by atoms with van der Waals surface area (Å²) in [5.74, 6) is -4.98. The molecule has 0 amide bonds. The van der Waals surface area contributed by atoms with Gasteiger partial charge in [-0.3, -0.25) is 4.79 Å². The quantitative estimate of drug-likeness (QED) is 0.793. The smallest absolute Gasteiger partial charge is 0.318 e. The van der Waals surface area contributed by atoms with Crippen molar-refractivity contribution in [3.05, 3.63) is 34.3 Å². The number of halogens is 3. The molecule has 18 heavy (non-hydrogen) atoms. The van der Waals surface area contributed by atoms with Crippen LogP contribution in [-0.4, -0.2) is 18.5 Å². The van der Waals surface area contributed by atoms with Crippen LogP contribution in [0.5, 0.6) is 0 Å². The highest BCUT2D eigenvalue weighted by Crippen LogP contribution is 2.71. The fraction of sp³-hybridized carbons (Fsp3) is 0.462. The van der Waals surface area contributed by atoms with Gasteiger partial charge in [-0.1, -0.05) is 28.1 Å². The molecule has 5 heteroatoms. The Kier molecular flexibility index (Phi) is 3.21. The SMILES string of the molecule is CCOC(=O)C1(C)C(c2ccc(Br)cc2)C1(F)F. The fourth-order valence-electron chi connectivity index (χ4n) is 2.26. The van der Waals surface area contributed by atoms with Gasteiger partial charge in [-0.25, -0.2) is 8.78 Å². The van der Waals surface area contributed by atoms with Gasteiger partial charge >= 0.3 is 5.97 Å². The minimum atomic E-state index is -3.05. The summed E-state index contributed by atoms with van der Waals surface area (Å²) in [7, 11) is 0. The molecule has 0 heterocycles. The standard InChI is InChI=1S/C13H13BrF2O2/c1-3-18-11(17)12(2)10(13(12,15)16)8-4-6-9(14)7-5-8/h4-7,10H,3H2,1-2H3. The van der Waals surface area contributed by atoms with Crippen LogP contribution in [0, 0.1) is 5.41 Å². The van der Waals surface area contributed by atoms with Crippen LogP contribution < -0.4 is 0 Å². The van der Waals surface area contributed by atoms with Crippen molar-refractivity contribution in [3.63, 3.8) is 0 Å². The second-order valence-corrected chi connectivity index (χ2v) is 5.45. The minimum Gasteiger partial charge on any atom is -0.465 e. The van der Waals surface area contributed by atoms with Crippen molar-refractivity contribution in [2.45, 2.75) is 25.7 Å². The first-order valence-corrected chi connectivity index (χ1v) is 6.45. The summed E-state index contributed by atoms with van der Waals surface area (Å²) in [6.07, 6.45) is 0. The molecule has 0 aromatic heterocycles. The summed E-state index contributed by atoms with van der Waals surface area (Å²) in [5, 5.41) is 0. The molecule has 0 bridgehead atoms. The van der Waals surface area contributed by atoms with Crippen molar-refractivity contribution in [3.8, 4) is 0 Å². The molecule has 0 spiro atoms. The van der Waals surface area contributed by atoms with Gasteiger partial charge in [0.2, 0.25) is 0 Å². The maximum Gasteiger partial charge on any atom is 0.318 e. The zero-order chi connectivity index (χ0) is 13.6. The van der Waals surface area contributed by atoms with Crippen LogP contribution in [0.3, 0.4) is 0 Å². The van der Waals surface area contributed by atoms with Gasteiger partial charge in [-0.15, -0.1) is 0 Å². The molecule has 2 unspecified atom stereocenters. The van der Waals surface area contributed by atoms with Gasteiger partial charge in [0.05, 0.1) is 12.5 Å². The van der Waals surface area contributed by atoms with Gasteiger partial charge in [0.1, 0.15) is 5.41 Å². The third-order valence-corrected chi connectivity index (χ3v) is 3.98. The molecule has 1 aromatic rings. The molecule has 0 aliphatic heterocycles. The Balaban J connectivity index is 2.30. The lowest BCUT2D eigenvalue weighted by atomic mass is 10.0. The Morgan fingerprint density at radius 2 is 1.94 bits per heavy atom. The first-order valence-electron chi connectivity index (χ1n) is 5.66. The monoisotopic (exact) mass is 318 g/mol. The summed E-state index contributed by atoms with van der Waals surface area (Å²) in [4.78, 5) is 11.7. The molecule has 1 saturated carbocycles. The van der Waals surface area contributed by atoms with Gasteiger partial charge in [-0.05, 0) is 31.5 Å². The van der Waals surface area contributed by atoms with Gasteiger partial charge in [0, 0.05) is 4.47 Å². The number of alkyl halides is 2. The number of hydrogen-bond acceptors (Lipinski definition) is 2. The summed E-state index contributed by atoms with van der Waals surface area (Å²) < 4.78 is 33.3. The van der Waals surface area contributed by atoms with Crippen LogP contribution in [0.15, 0.2) is 28.7 Å². The molecule has 0 radical (unpaired) electrons. The number of carbonyl (C=O) groups is 1. The van der Waals surface area contributed by atoms with Crippen LogP contribution in [0.25, 0.3) is 0 Å². The molecule has 1 aliphatic carbocycles. The van der Waals surface area contributed by atoms with Crippen molar-refractivity contribution in [2.75, 3.05) is 6.61 Å². The Hall–Kier alpha value is -0.970. The van der Waals surface area contributed by atoms with E-state index in [0.717, 1.165) is 4.47 Å². The van der Waals surface area contributed by atoms with E-state index in [0.29, 0.717) is 5.56 Å². The second kappa shape index (κ2) is 4.30. The largest absolute Gasteiger partial charge is 0.465 e. The first-order chi connectivity index (χ1) is 8.35. The Labute approximate surface area is 112 Å². The maximum atomic E-state index is 13.9. The van der Waals surface area contributed by atoms with Crippen molar-refractivity contribution < 1.29 is 18.3 Å². The number of ether oxygens (including phenoxy) is 1. The van der Waals surface area contributed by atoms with Gasteiger partial charge in [0.15, 0.2) is 0 Å². The van der Waals surface area contributed by atoms with Crippen LogP contribution in [-0.2, 0) is 9.53 Å². The van der Waals surface area contributed by atoms with Crippen molar-refractivity contribution in [2.24, 2.45) is 5.41 Å². The zero-order valence-electron chi connectivity index (χ0n) is 10.0. The molecule has 1 aromatic carbocycles. The highest BCUT2D eigenvalue weighted by Gasteiger charge is 2.83. The number of carbonyl (C=O) groups excluding carboxylic acids is 1. The minimum absolute atomic E-state index is 0.109. The third kappa shape index (κ3) is 1.76. The second-order valence-electron chi connectivity index (χ2n) is 4.53. The fourth-order valence-corrected chi connectivity index (χ4v) is 2.53. The molecule has 0 saturated heterocycles. The zero-order valence-corrected chi connectivity index (χ0v) is 11.6. The average molecular weight is 319 g/mol. The van der Waals surface area contributed by atoms with Crippen LogP contribution in [0.4, 0.5) is 8.78 Å². The predicted molar refractivity (Wildman–Crippen MR) is 66.6 cm³/mol. The molecule has 98 valence electrons. The van der Waals surface area contributed by atoms with Crippen LogP contribution in [0.1, 0.15) is 25.3 Å². The van der Waals surface area contributed by atoms with Crippen molar-refractivity contribution in [1.82, 2.24) is 0 Å². The molecular weight excluding hydrogens is 306 g/mol. The van der Waals surface area contributed by atoms with E-state index < -0.39 is 23.2 Å². The summed E-state index contributed by atoms with van der Waals surface area (Å²) in [6, 6.07) is 6.59. The maximum absolute atomic E-state index is 13.9. The molecule has 1 aliphatic rings. The summed E-state index contributed by atoms with van der Waals surface area (Å²) >= 11 is 3.25. The first kappa shape index (κ1) is 13.5.